The van der Waals surface area contributed by atoms with E-state index in [2.05, 4.69) is 29.5 Å². The lowest BCUT2D eigenvalue weighted by atomic mass is 10.2. The van der Waals surface area contributed by atoms with Crippen LogP contribution >= 0.6 is 0 Å². The third-order valence-corrected chi connectivity index (χ3v) is 1.35. The maximum atomic E-state index is 4.20. The third kappa shape index (κ3) is 2.25. The maximum Gasteiger partial charge on any atom is 0.191 e. The molecule has 0 aromatic heterocycles. The van der Waals surface area contributed by atoms with Gasteiger partial charge < -0.3 is 10.6 Å². The van der Waals surface area contributed by atoms with Crippen LogP contribution in [0.15, 0.2) is 4.99 Å². The van der Waals surface area contributed by atoms with Crippen molar-refractivity contribution < 1.29 is 0 Å². The molecule has 0 fully saturated rings. The number of hydrogen-bond acceptors (Lipinski definition) is 3. The molecular weight excluding hydrogens is 126 g/mol. The van der Waals surface area contributed by atoms with E-state index in [0.29, 0.717) is 5.92 Å². The summed E-state index contributed by atoms with van der Waals surface area (Å²) in [7, 11) is 0. The molecule has 58 valence electrons. The van der Waals surface area contributed by atoms with Crippen molar-refractivity contribution in [3.05, 3.63) is 0 Å². The van der Waals surface area contributed by atoms with Crippen molar-refractivity contribution in [2.75, 3.05) is 19.6 Å². The second-order valence-corrected chi connectivity index (χ2v) is 2.93. The van der Waals surface area contributed by atoms with E-state index in [9.17, 15) is 0 Å². The molecule has 0 bridgehead atoms. The Balaban J connectivity index is 2.13. The van der Waals surface area contributed by atoms with Gasteiger partial charge in [-0.2, -0.15) is 0 Å². The highest BCUT2D eigenvalue weighted by Crippen LogP contribution is 1.88. The lowest BCUT2D eigenvalue weighted by Gasteiger charge is -2.07. The van der Waals surface area contributed by atoms with Gasteiger partial charge in [-0.3, -0.25) is 4.99 Å². The number of rotatable bonds is 2. The van der Waals surface area contributed by atoms with Crippen molar-refractivity contribution in [3.63, 3.8) is 0 Å². The molecule has 0 saturated heterocycles. The number of hydrogen-bond donors (Lipinski definition) is 2. The molecule has 0 spiro atoms. The maximum absolute atomic E-state index is 4.20. The van der Waals surface area contributed by atoms with Gasteiger partial charge in [0.2, 0.25) is 0 Å². The SMILES string of the molecule is CC(C)CNC1=NCCN1. The first-order valence-corrected chi connectivity index (χ1v) is 3.81. The molecule has 1 aliphatic rings. The highest BCUT2D eigenvalue weighted by atomic mass is 15.2. The molecule has 3 nitrogen and oxygen atoms in total. The van der Waals surface area contributed by atoms with Gasteiger partial charge in [-0.15, -0.1) is 0 Å². The summed E-state index contributed by atoms with van der Waals surface area (Å²) < 4.78 is 0. The number of aliphatic imine (C=N–C) groups is 1. The minimum atomic E-state index is 0.685. The molecule has 1 heterocycles. The molecule has 1 aliphatic heterocycles. The van der Waals surface area contributed by atoms with E-state index in [0.717, 1.165) is 25.6 Å². The van der Waals surface area contributed by atoms with Gasteiger partial charge in [-0.05, 0) is 5.92 Å². The Kier molecular flexibility index (Phi) is 2.54. The first kappa shape index (κ1) is 7.38. The fourth-order valence-electron chi connectivity index (χ4n) is 0.817. The molecule has 0 atom stereocenters. The monoisotopic (exact) mass is 141 g/mol. The standard InChI is InChI=1S/C7H15N3/c1-6(2)5-10-7-8-3-4-9-7/h6H,3-5H2,1-2H3,(H2,8,9,10). The zero-order chi connectivity index (χ0) is 7.40. The Labute approximate surface area is 61.9 Å². The molecule has 0 aromatic rings. The van der Waals surface area contributed by atoms with Crippen LogP contribution in [-0.4, -0.2) is 25.6 Å². The predicted molar refractivity (Wildman–Crippen MR) is 43.1 cm³/mol. The van der Waals surface area contributed by atoms with E-state index >= 15 is 0 Å². The van der Waals surface area contributed by atoms with E-state index in [1.54, 1.807) is 0 Å². The Morgan fingerprint density at radius 2 is 2.50 bits per heavy atom. The summed E-state index contributed by atoms with van der Waals surface area (Å²) in [6.07, 6.45) is 0. The highest BCUT2D eigenvalue weighted by molar-refractivity contribution is 5.81. The summed E-state index contributed by atoms with van der Waals surface area (Å²) in [5, 5.41) is 6.37. The Hall–Kier alpha value is -0.730. The van der Waals surface area contributed by atoms with Gasteiger partial charge in [0.05, 0.1) is 6.54 Å². The summed E-state index contributed by atoms with van der Waals surface area (Å²) in [6, 6.07) is 0. The number of nitrogens with zero attached hydrogens (tertiary/aromatic N) is 1. The van der Waals surface area contributed by atoms with Crippen LogP contribution in [0.5, 0.6) is 0 Å². The zero-order valence-corrected chi connectivity index (χ0v) is 6.65. The van der Waals surface area contributed by atoms with Crippen LogP contribution in [0.4, 0.5) is 0 Å². The average Bonchev–Trinajstić information content (AvgIpc) is 2.34. The largest absolute Gasteiger partial charge is 0.356 e. The molecule has 0 saturated carbocycles. The van der Waals surface area contributed by atoms with Crippen molar-refractivity contribution in [1.82, 2.24) is 10.6 Å². The topological polar surface area (TPSA) is 36.4 Å². The zero-order valence-electron chi connectivity index (χ0n) is 6.65. The normalized spacial score (nSPS) is 16.9. The first-order valence-electron chi connectivity index (χ1n) is 3.81. The lowest BCUT2D eigenvalue weighted by molar-refractivity contribution is 0.620. The summed E-state index contributed by atoms with van der Waals surface area (Å²) in [5.74, 6) is 1.65. The fraction of sp³-hybridized carbons (Fsp3) is 0.857. The van der Waals surface area contributed by atoms with Crippen molar-refractivity contribution in [2.45, 2.75) is 13.8 Å². The van der Waals surface area contributed by atoms with Gasteiger partial charge in [0, 0.05) is 13.1 Å². The van der Waals surface area contributed by atoms with E-state index in [4.69, 9.17) is 0 Å². The molecule has 10 heavy (non-hydrogen) atoms. The second-order valence-electron chi connectivity index (χ2n) is 2.93. The molecule has 1 rings (SSSR count). The van der Waals surface area contributed by atoms with Crippen LogP contribution in [0.3, 0.4) is 0 Å². The molecule has 0 radical (unpaired) electrons. The van der Waals surface area contributed by atoms with Crippen LogP contribution in [0.1, 0.15) is 13.8 Å². The van der Waals surface area contributed by atoms with Crippen LogP contribution in [0.25, 0.3) is 0 Å². The Morgan fingerprint density at radius 1 is 1.70 bits per heavy atom. The molecule has 2 N–H and O–H groups in total. The minimum Gasteiger partial charge on any atom is -0.356 e. The molecule has 0 amide bonds. The van der Waals surface area contributed by atoms with Crippen molar-refractivity contribution in [3.8, 4) is 0 Å². The van der Waals surface area contributed by atoms with Crippen LogP contribution in [0, 0.1) is 5.92 Å². The smallest absolute Gasteiger partial charge is 0.191 e. The van der Waals surface area contributed by atoms with Gasteiger partial charge in [-0.1, -0.05) is 13.8 Å². The van der Waals surface area contributed by atoms with Crippen LogP contribution < -0.4 is 10.6 Å². The molecule has 0 aliphatic carbocycles. The second kappa shape index (κ2) is 3.44. The number of guanidine groups is 1. The summed E-state index contributed by atoms with van der Waals surface area (Å²) in [6.45, 7) is 7.28. The lowest BCUT2D eigenvalue weighted by Crippen LogP contribution is -2.35. The Morgan fingerprint density at radius 3 is 3.00 bits per heavy atom. The quantitative estimate of drug-likeness (QED) is 0.576. The Bertz CT molecular complexity index is 129. The number of nitrogens with one attached hydrogen (secondary N) is 2. The van der Waals surface area contributed by atoms with Crippen molar-refractivity contribution >= 4 is 5.96 Å². The summed E-state index contributed by atoms with van der Waals surface area (Å²) in [4.78, 5) is 4.20. The molecule has 0 aromatic carbocycles. The van der Waals surface area contributed by atoms with Gasteiger partial charge in [-0.25, -0.2) is 0 Å². The van der Waals surface area contributed by atoms with Crippen LogP contribution in [0.2, 0.25) is 0 Å². The van der Waals surface area contributed by atoms with Gasteiger partial charge in [0.25, 0.3) is 0 Å². The van der Waals surface area contributed by atoms with Crippen LogP contribution in [-0.2, 0) is 0 Å². The predicted octanol–water partition coefficient (Wildman–Crippen LogP) is 0.191. The van der Waals surface area contributed by atoms with E-state index < -0.39 is 0 Å². The van der Waals surface area contributed by atoms with E-state index in [-0.39, 0.29) is 0 Å². The van der Waals surface area contributed by atoms with E-state index in [1.165, 1.54) is 0 Å². The fourth-order valence-corrected chi connectivity index (χ4v) is 0.817. The highest BCUT2D eigenvalue weighted by Gasteiger charge is 2.03. The third-order valence-electron chi connectivity index (χ3n) is 1.35. The molecule has 3 heteroatoms. The summed E-state index contributed by atoms with van der Waals surface area (Å²) >= 11 is 0. The van der Waals surface area contributed by atoms with Crippen molar-refractivity contribution in [2.24, 2.45) is 10.9 Å². The van der Waals surface area contributed by atoms with Crippen molar-refractivity contribution in [1.29, 1.82) is 0 Å². The average molecular weight is 141 g/mol. The van der Waals surface area contributed by atoms with Gasteiger partial charge in [0.1, 0.15) is 0 Å². The minimum absolute atomic E-state index is 0.685. The van der Waals surface area contributed by atoms with E-state index in [1.807, 2.05) is 0 Å². The summed E-state index contributed by atoms with van der Waals surface area (Å²) in [5.41, 5.74) is 0. The van der Waals surface area contributed by atoms with Gasteiger partial charge >= 0.3 is 0 Å². The molecule has 0 unspecified atom stereocenters. The molecular formula is C7H15N3. The first-order chi connectivity index (χ1) is 4.79. The van der Waals surface area contributed by atoms with Gasteiger partial charge in [0.15, 0.2) is 5.96 Å².